The molecular weight excluding hydrogens is 229 g/mol. The second-order valence-electron chi connectivity index (χ2n) is 2.61. The maximum atomic E-state index is 12.5. The van der Waals surface area contributed by atoms with Gasteiger partial charge in [0, 0.05) is 0 Å². The normalized spacial score (nSPS) is 12.3. The predicted molar refractivity (Wildman–Crippen MR) is 36.3 cm³/mol. The van der Waals surface area contributed by atoms with E-state index in [-0.39, 0.29) is 0 Å². The van der Waals surface area contributed by atoms with Gasteiger partial charge < -0.3 is 10.4 Å². The van der Waals surface area contributed by atoms with Crippen molar-refractivity contribution in [2.75, 3.05) is 6.54 Å². The van der Waals surface area contributed by atoms with Crippen LogP contribution in [0.25, 0.3) is 0 Å². The number of carbonyl (C=O) groups excluding carboxylic acids is 1. The molecule has 0 aliphatic heterocycles. The van der Waals surface area contributed by atoms with E-state index in [0.717, 1.165) is 5.32 Å². The van der Waals surface area contributed by atoms with Crippen molar-refractivity contribution in [3.05, 3.63) is 0 Å². The minimum Gasteiger partial charge on any atom is -0.481 e. The Bertz CT molecular complexity index is 262. The molecule has 1 amide bonds. The molecule has 0 aromatic heterocycles. The standard InChI is InChI=1S/C6H6F5NO3/c7-5(8,1-3(13)14)2-12-4(15)6(9,10)11/h1-2H2,(H,12,15)(H,13,14). The molecule has 0 aliphatic carbocycles. The van der Waals surface area contributed by atoms with Gasteiger partial charge in [-0.25, -0.2) is 8.78 Å². The van der Waals surface area contributed by atoms with Crippen molar-refractivity contribution >= 4 is 11.9 Å². The van der Waals surface area contributed by atoms with Crippen LogP contribution in [0.3, 0.4) is 0 Å². The Morgan fingerprint density at radius 2 is 1.60 bits per heavy atom. The number of halogens is 5. The molecule has 0 saturated carbocycles. The molecule has 2 N–H and O–H groups in total. The highest BCUT2D eigenvalue weighted by Crippen LogP contribution is 2.19. The summed E-state index contributed by atoms with van der Waals surface area (Å²) in [5.74, 6) is -8.32. The summed E-state index contributed by atoms with van der Waals surface area (Å²) in [6.07, 6.45) is -6.91. The molecular formula is C6H6F5NO3. The van der Waals surface area contributed by atoms with Gasteiger partial charge in [0.2, 0.25) is 0 Å². The lowest BCUT2D eigenvalue weighted by molar-refractivity contribution is -0.175. The Labute approximate surface area is 80.1 Å². The number of carbonyl (C=O) groups is 2. The van der Waals surface area contributed by atoms with E-state index < -0.39 is 36.9 Å². The van der Waals surface area contributed by atoms with Crippen molar-refractivity contribution in [1.29, 1.82) is 0 Å². The number of hydrogen-bond acceptors (Lipinski definition) is 2. The molecule has 88 valence electrons. The maximum Gasteiger partial charge on any atom is 0.471 e. The summed E-state index contributed by atoms with van der Waals surface area (Å²) < 4.78 is 59.5. The molecule has 0 aromatic carbocycles. The van der Waals surface area contributed by atoms with Gasteiger partial charge in [0.15, 0.2) is 0 Å². The fourth-order valence-corrected chi connectivity index (χ4v) is 0.594. The van der Waals surface area contributed by atoms with Crippen LogP contribution in [0.5, 0.6) is 0 Å². The van der Waals surface area contributed by atoms with Crippen molar-refractivity contribution in [1.82, 2.24) is 5.32 Å². The van der Waals surface area contributed by atoms with Crippen LogP contribution < -0.4 is 5.32 Å². The van der Waals surface area contributed by atoms with Gasteiger partial charge in [0.05, 0.1) is 6.54 Å². The summed E-state index contributed by atoms with van der Waals surface area (Å²) in [6, 6.07) is 0. The van der Waals surface area contributed by atoms with Gasteiger partial charge >= 0.3 is 18.1 Å². The van der Waals surface area contributed by atoms with Gasteiger partial charge in [-0.3, -0.25) is 9.59 Å². The van der Waals surface area contributed by atoms with Crippen LogP contribution in [0.4, 0.5) is 22.0 Å². The van der Waals surface area contributed by atoms with Crippen LogP contribution in [0.15, 0.2) is 0 Å². The van der Waals surface area contributed by atoms with Crippen LogP contribution >= 0.6 is 0 Å². The van der Waals surface area contributed by atoms with Gasteiger partial charge in [0.25, 0.3) is 5.92 Å². The van der Waals surface area contributed by atoms with E-state index in [4.69, 9.17) is 5.11 Å². The van der Waals surface area contributed by atoms with Crippen LogP contribution in [0, 0.1) is 0 Å². The summed E-state index contributed by atoms with van der Waals surface area (Å²) in [5.41, 5.74) is 0. The first-order chi connectivity index (χ1) is 6.54. The lowest BCUT2D eigenvalue weighted by Crippen LogP contribution is -2.43. The van der Waals surface area contributed by atoms with Crippen LogP contribution in [-0.2, 0) is 9.59 Å². The smallest absolute Gasteiger partial charge is 0.471 e. The topological polar surface area (TPSA) is 66.4 Å². The first-order valence-electron chi connectivity index (χ1n) is 3.49. The Hall–Kier alpha value is -1.41. The third-order valence-electron chi connectivity index (χ3n) is 1.17. The average molecular weight is 235 g/mol. The molecule has 15 heavy (non-hydrogen) atoms. The second-order valence-corrected chi connectivity index (χ2v) is 2.61. The van der Waals surface area contributed by atoms with E-state index in [9.17, 15) is 31.5 Å². The number of amides is 1. The Morgan fingerprint density at radius 1 is 1.13 bits per heavy atom. The van der Waals surface area contributed by atoms with Crippen LogP contribution in [-0.4, -0.2) is 35.6 Å². The Kier molecular flexibility index (Phi) is 3.99. The van der Waals surface area contributed by atoms with Crippen molar-refractivity contribution in [3.63, 3.8) is 0 Å². The summed E-state index contributed by atoms with van der Waals surface area (Å²) in [6.45, 7) is -1.67. The lowest BCUT2D eigenvalue weighted by atomic mass is 10.2. The molecule has 0 atom stereocenters. The molecule has 0 aliphatic rings. The van der Waals surface area contributed by atoms with Crippen molar-refractivity contribution in [2.45, 2.75) is 18.5 Å². The molecule has 0 bridgehead atoms. The van der Waals surface area contributed by atoms with E-state index in [1.54, 1.807) is 0 Å². The molecule has 0 saturated heterocycles. The minimum atomic E-state index is -5.26. The zero-order valence-corrected chi connectivity index (χ0v) is 7.07. The highest BCUT2D eigenvalue weighted by atomic mass is 19.4. The van der Waals surface area contributed by atoms with Gasteiger partial charge in [-0.15, -0.1) is 0 Å². The lowest BCUT2D eigenvalue weighted by Gasteiger charge is -2.15. The first-order valence-corrected chi connectivity index (χ1v) is 3.49. The minimum absolute atomic E-state index is 0.891. The van der Waals surface area contributed by atoms with Gasteiger partial charge in [-0.05, 0) is 0 Å². The zero-order chi connectivity index (χ0) is 12.3. The average Bonchev–Trinajstić information content (AvgIpc) is 1.95. The first kappa shape index (κ1) is 13.6. The predicted octanol–water partition coefficient (Wildman–Crippen LogP) is 0.775. The molecule has 0 spiro atoms. The molecule has 9 heteroatoms. The largest absolute Gasteiger partial charge is 0.481 e. The molecule has 0 radical (unpaired) electrons. The summed E-state index contributed by atoms with van der Waals surface area (Å²) in [5, 5.41) is 8.85. The number of alkyl halides is 5. The Morgan fingerprint density at radius 3 is 1.93 bits per heavy atom. The number of carboxylic acids is 1. The quantitative estimate of drug-likeness (QED) is 0.707. The van der Waals surface area contributed by atoms with Crippen LogP contribution in [0.2, 0.25) is 0 Å². The summed E-state index contributed by atoms with van der Waals surface area (Å²) >= 11 is 0. The third-order valence-corrected chi connectivity index (χ3v) is 1.17. The third kappa shape index (κ3) is 5.81. The van der Waals surface area contributed by atoms with E-state index in [0.29, 0.717) is 0 Å². The van der Waals surface area contributed by atoms with E-state index in [2.05, 4.69) is 0 Å². The highest BCUT2D eigenvalue weighted by Gasteiger charge is 2.41. The van der Waals surface area contributed by atoms with Gasteiger partial charge in [-0.2, -0.15) is 13.2 Å². The SMILES string of the molecule is O=C(O)CC(F)(F)CNC(=O)C(F)(F)F. The van der Waals surface area contributed by atoms with Gasteiger partial charge in [0.1, 0.15) is 6.42 Å². The van der Waals surface area contributed by atoms with Crippen molar-refractivity contribution < 1.29 is 36.6 Å². The zero-order valence-electron chi connectivity index (χ0n) is 7.07. The van der Waals surface area contributed by atoms with E-state index in [1.165, 1.54) is 0 Å². The second kappa shape index (κ2) is 4.41. The number of nitrogens with one attached hydrogen (secondary N) is 1. The van der Waals surface area contributed by atoms with Crippen LogP contribution in [0.1, 0.15) is 6.42 Å². The number of rotatable bonds is 4. The number of carboxylic acid groups (broad SMARTS) is 1. The molecule has 0 aromatic rings. The molecule has 0 rings (SSSR count). The monoisotopic (exact) mass is 235 g/mol. The Balaban J connectivity index is 4.15. The molecule has 0 unspecified atom stereocenters. The summed E-state index contributed by atoms with van der Waals surface area (Å²) in [7, 11) is 0. The number of hydrogen-bond donors (Lipinski definition) is 2. The fourth-order valence-electron chi connectivity index (χ4n) is 0.594. The van der Waals surface area contributed by atoms with E-state index in [1.807, 2.05) is 0 Å². The van der Waals surface area contributed by atoms with Gasteiger partial charge in [-0.1, -0.05) is 0 Å². The fraction of sp³-hybridized carbons (Fsp3) is 0.667. The highest BCUT2D eigenvalue weighted by molar-refractivity contribution is 5.81. The summed E-state index contributed by atoms with van der Waals surface area (Å²) in [4.78, 5) is 19.9. The maximum absolute atomic E-state index is 12.5. The molecule has 4 nitrogen and oxygen atoms in total. The van der Waals surface area contributed by atoms with Crippen molar-refractivity contribution in [2.24, 2.45) is 0 Å². The van der Waals surface area contributed by atoms with E-state index >= 15 is 0 Å². The van der Waals surface area contributed by atoms with Crippen molar-refractivity contribution in [3.8, 4) is 0 Å². The number of aliphatic carboxylic acids is 1. The molecule has 0 heterocycles. The molecule has 0 fully saturated rings.